The number of rotatable bonds is 3. The summed E-state index contributed by atoms with van der Waals surface area (Å²) in [6.07, 6.45) is 0. The molecule has 0 aliphatic carbocycles. The molecule has 0 fully saturated rings. The number of carbonyl (C=O) groups is 1. The van der Waals surface area contributed by atoms with E-state index in [1.54, 1.807) is 13.0 Å². The van der Waals surface area contributed by atoms with Crippen LogP contribution in [-0.2, 0) is 4.79 Å². The van der Waals surface area contributed by atoms with Crippen LogP contribution in [0.4, 0.5) is 5.69 Å². The van der Waals surface area contributed by atoms with Crippen molar-refractivity contribution >= 4 is 39.3 Å². The number of hydrazine groups is 1. The van der Waals surface area contributed by atoms with E-state index in [4.69, 9.17) is 11.6 Å². The fourth-order valence-electron chi connectivity index (χ4n) is 0.972. The van der Waals surface area contributed by atoms with Gasteiger partial charge in [0, 0.05) is 15.1 Å². The lowest BCUT2D eigenvalue weighted by Gasteiger charge is -2.11. The fraction of sp³-hybridized carbons (Fsp3) is 0.222. The van der Waals surface area contributed by atoms with E-state index in [1.807, 2.05) is 12.1 Å². The maximum Gasteiger partial charge on any atom is 0.247 e. The molecule has 0 saturated carbocycles. The van der Waals surface area contributed by atoms with Crippen molar-refractivity contribution in [2.75, 3.05) is 5.73 Å². The highest BCUT2D eigenvalue weighted by Crippen LogP contribution is 2.31. The summed E-state index contributed by atoms with van der Waals surface area (Å²) in [5.74, 6) is 4.82. The Labute approximate surface area is 101 Å². The number of amides is 1. The summed E-state index contributed by atoms with van der Waals surface area (Å²) in [5.41, 5.74) is 8.53. The van der Waals surface area contributed by atoms with Crippen LogP contribution in [0.3, 0.4) is 0 Å². The highest BCUT2D eigenvalue weighted by Gasteiger charge is 2.14. The standard InChI is InChI=1S/C9H12BrN3OS/c1-5(9(14)13-12)15-8-4-6(10)2-3-7(8)11/h2-5H,11-12H2,1H3,(H,13,14). The molecule has 15 heavy (non-hydrogen) atoms. The number of nitrogens with two attached hydrogens (primary N) is 2. The molecule has 82 valence electrons. The second-order valence-corrected chi connectivity index (χ2v) is 5.25. The number of hydrogen-bond donors (Lipinski definition) is 3. The Balaban J connectivity index is 2.80. The molecule has 4 nitrogen and oxygen atoms in total. The normalized spacial score (nSPS) is 12.2. The van der Waals surface area contributed by atoms with Crippen molar-refractivity contribution in [2.45, 2.75) is 17.1 Å². The van der Waals surface area contributed by atoms with Crippen molar-refractivity contribution in [1.82, 2.24) is 5.43 Å². The lowest BCUT2D eigenvalue weighted by atomic mass is 10.3. The number of nitrogens with one attached hydrogen (secondary N) is 1. The zero-order valence-corrected chi connectivity index (χ0v) is 10.6. The summed E-state index contributed by atoms with van der Waals surface area (Å²) in [5, 5.41) is -0.272. The van der Waals surface area contributed by atoms with E-state index >= 15 is 0 Å². The van der Waals surface area contributed by atoms with Crippen molar-refractivity contribution in [1.29, 1.82) is 0 Å². The third-order valence-electron chi connectivity index (χ3n) is 1.79. The summed E-state index contributed by atoms with van der Waals surface area (Å²) >= 11 is 4.72. The topological polar surface area (TPSA) is 81.1 Å². The SMILES string of the molecule is CC(Sc1cc(Br)ccc1N)C(=O)NN. The first-order valence-corrected chi connectivity index (χ1v) is 5.94. The molecule has 6 heteroatoms. The maximum absolute atomic E-state index is 11.2. The van der Waals surface area contributed by atoms with E-state index in [1.165, 1.54) is 11.8 Å². The average Bonchev–Trinajstić information content (AvgIpc) is 2.22. The number of nitrogen functional groups attached to an aromatic ring is 1. The smallest absolute Gasteiger partial charge is 0.247 e. The van der Waals surface area contributed by atoms with Crippen LogP contribution in [-0.4, -0.2) is 11.2 Å². The second-order valence-electron chi connectivity index (χ2n) is 2.95. The highest BCUT2D eigenvalue weighted by molar-refractivity contribution is 9.10. The number of carbonyl (C=O) groups excluding carboxylic acids is 1. The van der Waals surface area contributed by atoms with Gasteiger partial charge in [-0.15, -0.1) is 11.8 Å². The number of thioether (sulfide) groups is 1. The Morgan fingerprint density at radius 2 is 2.27 bits per heavy atom. The van der Waals surface area contributed by atoms with Gasteiger partial charge in [-0.2, -0.15) is 0 Å². The molecule has 0 radical (unpaired) electrons. The molecule has 1 unspecified atom stereocenters. The summed E-state index contributed by atoms with van der Waals surface area (Å²) < 4.78 is 0.930. The van der Waals surface area contributed by atoms with Gasteiger partial charge in [0.2, 0.25) is 5.91 Å². The fourth-order valence-corrected chi connectivity index (χ4v) is 2.44. The van der Waals surface area contributed by atoms with Crippen molar-refractivity contribution in [2.24, 2.45) is 5.84 Å². The largest absolute Gasteiger partial charge is 0.398 e. The van der Waals surface area contributed by atoms with Crippen LogP contribution in [0.15, 0.2) is 27.6 Å². The van der Waals surface area contributed by atoms with Crippen LogP contribution in [0.2, 0.25) is 0 Å². The van der Waals surface area contributed by atoms with Crippen LogP contribution in [0.5, 0.6) is 0 Å². The Kier molecular flexibility index (Phi) is 4.44. The summed E-state index contributed by atoms with van der Waals surface area (Å²) in [6, 6.07) is 5.52. The number of halogens is 1. The van der Waals surface area contributed by atoms with E-state index < -0.39 is 0 Å². The van der Waals surface area contributed by atoms with Crippen molar-refractivity contribution in [3.8, 4) is 0 Å². The van der Waals surface area contributed by atoms with E-state index in [0.29, 0.717) is 5.69 Å². The minimum Gasteiger partial charge on any atom is -0.398 e. The molecule has 0 heterocycles. The highest BCUT2D eigenvalue weighted by atomic mass is 79.9. The summed E-state index contributed by atoms with van der Waals surface area (Å²) in [4.78, 5) is 12.1. The zero-order chi connectivity index (χ0) is 11.4. The summed E-state index contributed by atoms with van der Waals surface area (Å²) in [6.45, 7) is 1.77. The molecule has 0 spiro atoms. The van der Waals surface area contributed by atoms with Crippen LogP contribution in [0.1, 0.15) is 6.92 Å². The van der Waals surface area contributed by atoms with Gasteiger partial charge in [0.1, 0.15) is 0 Å². The summed E-state index contributed by atoms with van der Waals surface area (Å²) in [7, 11) is 0. The van der Waals surface area contributed by atoms with Gasteiger partial charge in [0.15, 0.2) is 0 Å². The first kappa shape index (κ1) is 12.4. The number of hydrogen-bond acceptors (Lipinski definition) is 4. The minimum atomic E-state index is -0.272. The molecular formula is C9H12BrN3OS. The Bertz CT molecular complexity index is 372. The van der Waals surface area contributed by atoms with Gasteiger partial charge in [-0.05, 0) is 25.1 Å². The predicted octanol–water partition coefficient (Wildman–Crippen LogP) is 1.50. The lowest BCUT2D eigenvalue weighted by molar-refractivity contribution is -0.120. The van der Waals surface area contributed by atoms with Gasteiger partial charge < -0.3 is 5.73 Å². The van der Waals surface area contributed by atoms with Gasteiger partial charge in [-0.3, -0.25) is 10.2 Å². The van der Waals surface area contributed by atoms with Gasteiger partial charge in [-0.1, -0.05) is 15.9 Å². The molecule has 0 aliphatic rings. The van der Waals surface area contributed by atoms with E-state index in [9.17, 15) is 4.79 Å². The number of anilines is 1. The minimum absolute atomic E-state index is 0.223. The second kappa shape index (κ2) is 5.39. The van der Waals surface area contributed by atoms with Crippen molar-refractivity contribution in [3.63, 3.8) is 0 Å². The van der Waals surface area contributed by atoms with Crippen LogP contribution in [0, 0.1) is 0 Å². The third kappa shape index (κ3) is 3.40. The third-order valence-corrected chi connectivity index (χ3v) is 3.46. The van der Waals surface area contributed by atoms with E-state index in [0.717, 1.165) is 9.37 Å². The van der Waals surface area contributed by atoms with Gasteiger partial charge >= 0.3 is 0 Å². The predicted molar refractivity (Wildman–Crippen MR) is 66.2 cm³/mol. The molecule has 0 saturated heterocycles. The van der Waals surface area contributed by atoms with Gasteiger partial charge in [-0.25, -0.2) is 5.84 Å². The molecule has 1 amide bonds. The average molecular weight is 290 g/mol. The first-order chi connectivity index (χ1) is 7.04. The van der Waals surface area contributed by atoms with Gasteiger partial charge in [0.05, 0.1) is 5.25 Å². The molecule has 1 aromatic carbocycles. The molecule has 0 bridgehead atoms. The van der Waals surface area contributed by atoms with E-state index in [-0.39, 0.29) is 11.2 Å². The Hall–Kier alpha value is -0.720. The molecular weight excluding hydrogens is 278 g/mol. The first-order valence-electron chi connectivity index (χ1n) is 4.26. The molecule has 0 aromatic heterocycles. The Morgan fingerprint density at radius 3 is 2.87 bits per heavy atom. The molecule has 1 aromatic rings. The van der Waals surface area contributed by atoms with Gasteiger partial charge in [0.25, 0.3) is 0 Å². The maximum atomic E-state index is 11.2. The van der Waals surface area contributed by atoms with E-state index in [2.05, 4.69) is 21.4 Å². The van der Waals surface area contributed by atoms with Crippen LogP contribution in [0.25, 0.3) is 0 Å². The lowest BCUT2D eigenvalue weighted by Crippen LogP contribution is -2.36. The van der Waals surface area contributed by atoms with Crippen molar-refractivity contribution in [3.05, 3.63) is 22.7 Å². The van der Waals surface area contributed by atoms with Crippen molar-refractivity contribution < 1.29 is 4.79 Å². The molecule has 5 N–H and O–H groups in total. The monoisotopic (exact) mass is 289 g/mol. The quantitative estimate of drug-likeness (QED) is 0.259. The van der Waals surface area contributed by atoms with Crippen LogP contribution < -0.4 is 17.0 Å². The molecule has 1 rings (SSSR count). The van der Waals surface area contributed by atoms with Crippen LogP contribution >= 0.6 is 27.7 Å². The Morgan fingerprint density at radius 1 is 1.60 bits per heavy atom. The zero-order valence-electron chi connectivity index (χ0n) is 8.16. The molecule has 0 aliphatic heterocycles. The number of benzene rings is 1. The molecule has 1 atom stereocenters.